The van der Waals surface area contributed by atoms with E-state index in [0.717, 1.165) is 17.8 Å². The number of nitro benzene ring substituents is 1. The van der Waals surface area contributed by atoms with Crippen molar-refractivity contribution in [2.24, 2.45) is 0 Å². The van der Waals surface area contributed by atoms with Gasteiger partial charge in [-0.1, -0.05) is 24.3 Å². The molecule has 3 aromatic rings. The summed E-state index contributed by atoms with van der Waals surface area (Å²) in [5, 5.41) is 19.5. The normalized spacial score (nSPS) is 10.9. The number of aromatic amines is 1. The van der Waals surface area contributed by atoms with Crippen LogP contribution in [0.5, 0.6) is 0 Å². The Labute approximate surface area is 191 Å². The average molecular weight is 492 g/mol. The van der Waals surface area contributed by atoms with Crippen LogP contribution in [0.25, 0.3) is 0 Å². The van der Waals surface area contributed by atoms with Crippen molar-refractivity contribution in [3.63, 3.8) is 0 Å². The van der Waals surface area contributed by atoms with Gasteiger partial charge in [-0.3, -0.25) is 15.4 Å². The molecule has 172 valence electrons. The number of esters is 1. The molecule has 0 unspecified atom stereocenters. The van der Waals surface area contributed by atoms with Crippen LogP contribution in [0.4, 0.5) is 16.4 Å². The lowest BCUT2D eigenvalue weighted by Crippen LogP contribution is -2.35. The number of anilines is 1. The van der Waals surface area contributed by atoms with Crippen molar-refractivity contribution in [1.29, 1.82) is 0 Å². The Hall–Kier alpha value is -3.98. The molecule has 1 heterocycles. The van der Waals surface area contributed by atoms with Crippen LogP contribution < -0.4 is 10.0 Å². The number of nitrogens with one attached hydrogen (secondary N) is 3. The lowest BCUT2D eigenvalue weighted by atomic mass is 10.2. The van der Waals surface area contributed by atoms with E-state index in [9.17, 15) is 28.1 Å². The van der Waals surface area contributed by atoms with Crippen LogP contribution in [0.2, 0.25) is 0 Å². The summed E-state index contributed by atoms with van der Waals surface area (Å²) in [5.74, 6) is -1.06. The predicted octanol–water partition coefficient (Wildman–Crippen LogP) is 2.55. The smallest absolute Gasteiger partial charge is 0.339 e. The zero-order chi connectivity index (χ0) is 24.0. The van der Waals surface area contributed by atoms with E-state index in [-0.39, 0.29) is 33.9 Å². The van der Waals surface area contributed by atoms with Crippen molar-refractivity contribution in [3.8, 4) is 0 Å². The standard InChI is InChI=1S/C18H16N6O7S2/c1-2-31-15(25)11-7-3-6-10-14(11)33(29,30)23-17(26)19-16-20-18(22-21-16)32-13-9-5-4-8-12(13)24(27)28/h3-10H,2H2,1H3,(H3,19,20,21,22,23,26). The molecule has 1 aromatic heterocycles. The summed E-state index contributed by atoms with van der Waals surface area (Å²) in [7, 11) is -4.44. The minimum atomic E-state index is -4.44. The van der Waals surface area contributed by atoms with Gasteiger partial charge in [0.1, 0.15) is 4.90 Å². The summed E-state index contributed by atoms with van der Waals surface area (Å²) in [6.07, 6.45) is 0. The van der Waals surface area contributed by atoms with Crippen LogP contribution in [-0.2, 0) is 14.8 Å². The van der Waals surface area contributed by atoms with E-state index in [0.29, 0.717) is 0 Å². The molecule has 3 N–H and O–H groups in total. The van der Waals surface area contributed by atoms with Crippen molar-refractivity contribution in [2.45, 2.75) is 21.9 Å². The third-order valence-electron chi connectivity index (χ3n) is 3.86. The van der Waals surface area contributed by atoms with Gasteiger partial charge in [0.25, 0.3) is 15.7 Å². The van der Waals surface area contributed by atoms with Crippen LogP contribution in [-0.4, -0.2) is 47.1 Å². The molecule has 0 bridgehead atoms. The third kappa shape index (κ3) is 5.83. The highest BCUT2D eigenvalue weighted by Crippen LogP contribution is 2.32. The fraction of sp³-hybridized carbons (Fsp3) is 0.111. The van der Waals surface area contributed by atoms with Crippen molar-refractivity contribution in [3.05, 3.63) is 64.2 Å². The molecule has 33 heavy (non-hydrogen) atoms. The predicted molar refractivity (Wildman–Crippen MR) is 115 cm³/mol. The number of urea groups is 1. The number of ether oxygens (including phenoxy) is 1. The number of carbonyl (C=O) groups is 2. The monoisotopic (exact) mass is 492 g/mol. The molecule has 0 aliphatic carbocycles. The van der Waals surface area contributed by atoms with Gasteiger partial charge in [0.15, 0.2) is 0 Å². The van der Waals surface area contributed by atoms with Gasteiger partial charge < -0.3 is 4.74 Å². The summed E-state index contributed by atoms with van der Waals surface area (Å²) in [6.45, 7) is 1.61. The topological polar surface area (TPSA) is 186 Å². The molecule has 0 radical (unpaired) electrons. The second kappa shape index (κ2) is 10.1. The molecule has 0 aliphatic rings. The van der Waals surface area contributed by atoms with E-state index in [1.165, 1.54) is 36.4 Å². The fourth-order valence-electron chi connectivity index (χ4n) is 2.53. The molecule has 0 atom stereocenters. The number of carbonyl (C=O) groups excluding carboxylic acids is 2. The molecule has 0 aliphatic heterocycles. The molecule has 15 heteroatoms. The molecule has 0 spiro atoms. The van der Waals surface area contributed by atoms with E-state index >= 15 is 0 Å². The highest BCUT2D eigenvalue weighted by Gasteiger charge is 2.25. The van der Waals surface area contributed by atoms with Crippen molar-refractivity contribution in [2.75, 3.05) is 11.9 Å². The van der Waals surface area contributed by atoms with Gasteiger partial charge in [-0.25, -0.2) is 27.8 Å². The Kier molecular flexibility index (Phi) is 7.24. The summed E-state index contributed by atoms with van der Waals surface area (Å²) >= 11 is 0.874. The lowest BCUT2D eigenvalue weighted by molar-refractivity contribution is -0.387. The highest BCUT2D eigenvalue weighted by molar-refractivity contribution is 7.99. The number of hydrogen-bond acceptors (Lipinski definition) is 10. The van der Waals surface area contributed by atoms with E-state index in [4.69, 9.17) is 4.74 Å². The molecule has 0 saturated heterocycles. The highest BCUT2D eigenvalue weighted by atomic mass is 32.2. The molecule has 13 nitrogen and oxygen atoms in total. The Morgan fingerprint density at radius 3 is 2.61 bits per heavy atom. The van der Waals surface area contributed by atoms with Gasteiger partial charge in [0, 0.05) is 6.07 Å². The second-order valence-corrected chi connectivity index (χ2v) is 8.73. The molecule has 0 fully saturated rings. The van der Waals surface area contributed by atoms with Crippen LogP contribution in [0.15, 0.2) is 63.5 Å². The summed E-state index contributed by atoms with van der Waals surface area (Å²) in [6, 6.07) is 10.0. The van der Waals surface area contributed by atoms with Crippen LogP contribution in [0.3, 0.4) is 0 Å². The Balaban J connectivity index is 1.71. The molecule has 2 amide bonds. The van der Waals surface area contributed by atoms with Crippen LogP contribution >= 0.6 is 11.8 Å². The SMILES string of the molecule is CCOC(=O)c1ccccc1S(=O)(=O)NC(=O)Nc1nc(Sc2ccccc2[N+](=O)[O-])n[nH]1. The van der Waals surface area contributed by atoms with Gasteiger partial charge in [-0.05, 0) is 36.9 Å². The van der Waals surface area contributed by atoms with E-state index in [1.807, 2.05) is 0 Å². The maximum Gasteiger partial charge on any atom is 0.339 e. The van der Waals surface area contributed by atoms with E-state index in [1.54, 1.807) is 17.7 Å². The quantitative estimate of drug-likeness (QED) is 0.240. The van der Waals surface area contributed by atoms with Gasteiger partial charge >= 0.3 is 12.0 Å². The second-order valence-electron chi connectivity index (χ2n) is 6.07. The first-order chi connectivity index (χ1) is 15.7. The zero-order valence-electron chi connectivity index (χ0n) is 16.8. The van der Waals surface area contributed by atoms with Gasteiger partial charge in [-0.15, -0.1) is 5.10 Å². The first kappa shape index (κ1) is 23.7. The van der Waals surface area contributed by atoms with Crippen molar-refractivity contribution in [1.82, 2.24) is 19.9 Å². The van der Waals surface area contributed by atoms with Gasteiger partial charge in [0.05, 0.1) is 22.0 Å². The number of hydrogen-bond donors (Lipinski definition) is 3. The average Bonchev–Trinajstić information content (AvgIpc) is 3.20. The van der Waals surface area contributed by atoms with Crippen molar-refractivity contribution >= 4 is 45.4 Å². The zero-order valence-corrected chi connectivity index (χ0v) is 18.5. The Morgan fingerprint density at radius 1 is 1.18 bits per heavy atom. The number of benzene rings is 2. The molecule has 3 rings (SSSR count). The van der Waals surface area contributed by atoms with Gasteiger partial charge in [0.2, 0.25) is 11.1 Å². The number of aromatic nitrogens is 3. The summed E-state index contributed by atoms with van der Waals surface area (Å²) < 4.78 is 31.8. The number of para-hydroxylation sites is 1. The number of rotatable bonds is 8. The van der Waals surface area contributed by atoms with Crippen LogP contribution in [0, 0.1) is 10.1 Å². The van der Waals surface area contributed by atoms with E-state index in [2.05, 4.69) is 20.5 Å². The fourth-order valence-corrected chi connectivity index (χ4v) is 4.45. The summed E-state index contributed by atoms with van der Waals surface area (Å²) in [4.78, 5) is 38.6. The lowest BCUT2D eigenvalue weighted by Gasteiger charge is -2.10. The van der Waals surface area contributed by atoms with Crippen molar-refractivity contribution < 1.29 is 27.7 Å². The third-order valence-corrected chi connectivity index (χ3v) is 6.18. The first-order valence-corrected chi connectivity index (χ1v) is 11.4. The number of nitrogens with zero attached hydrogens (tertiary/aromatic N) is 3. The Morgan fingerprint density at radius 2 is 1.88 bits per heavy atom. The minimum absolute atomic E-state index is 0.0408. The number of amides is 2. The maximum absolute atomic E-state index is 12.6. The van der Waals surface area contributed by atoms with E-state index < -0.39 is 31.8 Å². The molecular formula is C18H16N6O7S2. The molecular weight excluding hydrogens is 476 g/mol. The maximum atomic E-state index is 12.6. The van der Waals surface area contributed by atoms with Crippen LogP contribution in [0.1, 0.15) is 17.3 Å². The molecule has 0 saturated carbocycles. The van der Waals surface area contributed by atoms with Gasteiger partial charge in [-0.2, -0.15) is 4.98 Å². The number of sulfonamides is 1. The summed E-state index contributed by atoms with van der Waals surface area (Å²) in [5.41, 5.74) is -0.381. The Bertz CT molecular complexity index is 1310. The largest absolute Gasteiger partial charge is 0.462 e. The number of H-pyrrole nitrogens is 1. The number of nitro groups is 1. The minimum Gasteiger partial charge on any atom is -0.462 e. The molecule has 2 aromatic carbocycles. The first-order valence-electron chi connectivity index (χ1n) is 9.15.